The maximum absolute atomic E-state index is 12.6. The summed E-state index contributed by atoms with van der Waals surface area (Å²) in [7, 11) is 3.19. The van der Waals surface area contributed by atoms with E-state index in [2.05, 4.69) is 18.8 Å². The highest BCUT2D eigenvalue weighted by Crippen LogP contribution is 2.37. The normalized spacial score (nSPS) is 12.0. The first-order chi connectivity index (χ1) is 13.4. The van der Waals surface area contributed by atoms with Gasteiger partial charge >= 0.3 is 0 Å². The van der Waals surface area contributed by atoms with E-state index in [1.54, 1.807) is 14.2 Å². The van der Waals surface area contributed by atoms with E-state index in [1.165, 1.54) is 11.3 Å². The van der Waals surface area contributed by atoms with Gasteiger partial charge in [-0.1, -0.05) is 26.8 Å². The SMILES string of the molecule is CCC(C)N(Cc1csc(COc2c(OC)cccc2OC)n1)C(=O)C(C)C. The number of carbonyl (C=O) groups is 1. The number of hydrogen-bond acceptors (Lipinski definition) is 6. The molecule has 2 rings (SSSR count). The molecule has 1 unspecified atom stereocenters. The molecule has 0 spiro atoms. The second-order valence-electron chi connectivity index (χ2n) is 6.89. The molecule has 1 atom stereocenters. The summed E-state index contributed by atoms with van der Waals surface area (Å²) in [5.41, 5.74) is 0.880. The summed E-state index contributed by atoms with van der Waals surface area (Å²) in [5.74, 6) is 1.90. The van der Waals surface area contributed by atoms with Crippen molar-refractivity contribution in [2.24, 2.45) is 5.92 Å². The van der Waals surface area contributed by atoms with Crippen LogP contribution >= 0.6 is 11.3 Å². The minimum atomic E-state index is -0.0338. The Morgan fingerprint density at radius 1 is 1.18 bits per heavy atom. The number of methoxy groups -OCH3 is 2. The zero-order chi connectivity index (χ0) is 20.7. The van der Waals surface area contributed by atoms with Crippen molar-refractivity contribution >= 4 is 17.2 Å². The smallest absolute Gasteiger partial charge is 0.225 e. The van der Waals surface area contributed by atoms with E-state index in [9.17, 15) is 4.79 Å². The van der Waals surface area contributed by atoms with E-state index in [4.69, 9.17) is 14.2 Å². The second-order valence-corrected chi connectivity index (χ2v) is 7.83. The fraction of sp³-hybridized carbons (Fsp3) is 0.524. The molecule has 1 aromatic carbocycles. The van der Waals surface area contributed by atoms with Gasteiger partial charge in [-0.2, -0.15) is 0 Å². The Balaban J connectivity index is 2.09. The van der Waals surface area contributed by atoms with Crippen LogP contribution in [0.25, 0.3) is 0 Å². The third-order valence-corrected chi connectivity index (χ3v) is 5.43. The number of rotatable bonds is 10. The molecule has 0 saturated heterocycles. The average Bonchev–Trinajstić information content (AvgIpc) is 3.16. The fourth-order valence-electron chi connectivity index (χ4n) is 2.76. The van der Waals surface area contributed by atoms with Gasteiger partial charge in [0.05, 0.1) is 26.5 Å². The number of amides is 1. The van der Waals surface area contributed by atoms with Crippen LogP contribution in [0.15, 0.2) is 23.6 Å². The minimum Gasteiger partial charge on any atom is -0.493 e. The van der Waals surface area contributed by atoms with E-state index < -0.39 is 0 Å². The van der Waals surface area contributed by atoms with Gasteiger partial charge in [0, 0.05) is 17.3 Å². The molecule has 0 aliphatic carbocycles. The van der Waals surface area contributed by atoms with Gasteiger partial charge in [-0.15, -0.1) is 11.3 Å². The van der Waals surface area contributed by atoms with Gasteiger partial charge in [0.15, 0.2) is 11.5 Å². The van der Waals surface area contributed by atoms with Crippen LogP contribution in [0.1, 0.15) is 44.8 Å². The number of aromatic nitrogens is 1. The van der Waals surface area contributed by atoms with Crippen LogP contribution in [-0.4, -0.2) is 36.1 Å². The molecule has 0 radical (unpaired) electrons. The summed E-state index contributed by atoms with van der Waals surface area (Å²) >= 11 is 1.52. The van der Waals surface area contributed by atoms with Gasteiger partial charge in [0.1, 0.15) is 11.6 Å². The average molecular weight is 407 g/mol. The van der Waals surface area contributed by atoms with Crippen LogP contribution in [0.2, 0.25) is 0 Å². The predicted molar refractivity (Wildman–Crippen MR) is 111 cm³/mol. The molecule has 0 saturated carbocycles. The molecular weight excluding hydrogens is 376 g/mol. The van der Waals surface area contributed by atoms with E-state index in [-0.39, 0.29) is 17.9 Å². The lowest BCUT2D eigenvalue weighted by molar-refractivity contribution is -0.137. The fourth-order valence-corrected chi connectivity index (χ4v) is 3.45. The maximum atomic E-state index is 12.6. The molecule has 0 N–H and O–H groups in total. The lowest BCUT2D eigenvalue weighted by Gasteiger charge is -2.29. The molecule has 154 valence electrons. The Labute approximate surface area is 171 Å². The lowest BCUT2D eigenvalue weighted by Crippen LogP contribution is -2.40. The van der Waals surface area contributed by atoms with Crippen LogP contribution in [-0.2, 0) is 17.9 Å². The summed E-state index contributed by atoms with van der Waals surface area (Å²) in [6, 6.07) is 5.68. The summed E-state index contributed by atoms with van der Waals surface area (Å²) in [5, 5.41) is 2.82. The Hall–Kier alpha value is -2.28. The molecule has 2 aromatic rings. The van der Waals surface area contributed by atoms with Crippen LogP contribution in [0.4, 0.5) is 0 Å². The summed E-state index contributed by atoms with van der Waals surface area (Å²) < 4.78 is 16.6. The lowest BCUT2D eigenvalue weighted by atomic mass is 10.1. The molecule has 6 nitrogen and oxygen atoms in total. The van der Waals surface area contributed by atoms with Crippen molar-refractivity contribution in [2.75, 3.05) is 14.2 Å². The highest BCUT2D eigenvalue weighted by Gasteiger charge is 2.22. The molecular formula is C21H30N2O4S. The molecule has 28 heavy (non-hydrogen) atoms. The number of thiazole rings is 1. The third kappa shape index (κ3) is 5.38. The van der Waals surface area contributed by atoms with Crippen LogP contribution < -0.4 is 14.2 Å². The number of carbonyl (C=O) groups excluding carboxylic acids is 1. The summed E-state index contributed by atoms with van der Waals surface area (Å²) in [6.45, 7) is 8.84. The molecule has 0 fully saturated rings. The van der Waals surface area contributed by atoms with Crippen molar-refractivity contribution in [3.8, 4) is 17.2 Å². The van der Waals surface area contributed by atoms with Crippen LogP contribution in [0, 0.1) is 5.92 Å². The monoisotopic (exact) mass is 406 g/mol. The highest BCUT2D eigenvalue weighted by molar-refractivity contribution is 7.09. The van der Waals surface area contributed by atoms with Crippen LogP contribution in [0.3, 0.4) is 0 Å². The Morgan fingerprint density at radius 2 is 1.82 bits per heavy atom. The maximum Gasteiger partial charge on any atom is 0.225 e. The predicted octanol–water partition coefficient (Wildman–Crippen LogP) is 4.52. The highest BCUT2D eigenvalue weighted by atomic mass is 32.1. The van der Waals surface area contributed by atoms with Crippen molar-refractivity contribution < 1.29 is 19.0 Å². The number of para-hydroxylation sites is 1. The Bertz CT molecular complexity index is 753. The minimum absolute atomic E-state index is 0.0338. The first kappa shape index (κ1) is 22.0. The largest absolute Gasteiger partial charge is 0.493 e. The zero-order valence-electron chi connectivity index (χ0n) is 17.5. The molecule has 0 bridgehead atoms. The summed E-state index contributed by atoms with van der Waals surface area (Å²) in [4.78, 5) is 19.1. The zero-order valence-corrected chi connectivity index (χ0v) is 18.3. The van der Waals surface area contributed by atoms with Crippen molar-refractivity contribution in [3.63, 3.8) is 0 Å². The second kappa shape index (κ2) is 10.3. The molecule has 1 heterocycles. The molecule has 0 aliphatic heterocycles. The number of ether oxygens (including phenoxy) is 3. The van der Waals surface area contributed by atoms with Crippen molar-refractivity contribution in [1.82, 2.24) is 9.88 Å². The Morgan fingerprint density at radius 3 is 2.36 bits per heavy atom. The molecule has 1 amide bonds. The van der Waals surface area contributed by atoms with E-state index in [0.29, 0.717) is 30.4 Å². The van der Waals surface area contributed by atoms with Gasteiger partial charge in [-0.25, -0.2) is 4.98 Å². The molecule has 1 aromatic heterocycles. The molecule has 7 heteroatoms. The number of nitrogens with zero attached hydrogens (tertiary/aromatic N) is 2. The molecule has 0 aliphatic rings. The first-order valence-corrected chi connectivity index (χ1v) is 10.4. The van der Waals surface area contributed by atoms with Crippen molar-refractivity contribution in [1.29, 1.82) is 0 Å². The third-order valence-electron chi connectivity index (χ3n) is 4.55. The quantitative estimate of drug-likeness (QED) is 0.580. The summed E-state index contributed by atoms with van der Waals surface area (Å²) in [6.07, 6.45) is 0.909. The van der Waals surface area contributed by atoms with Crippen molar-refractivity contribution in [3.05, 3.63) is 34.3 Å². The van der Waals surface area contributed by atoms with E-state index in [1.807, 2.05) is 42.3 Å². The standard InChI is InChI=1S/C21H30N2O4S/c1-7-15(4)23(21(24)14(2)3)11-16-13-28-19(22-16)12-27-20-17(25-5)9-8-10-18(20)26-6/h8-10,13-15H,7,11-12H2,1-6H3. The van der Waals surface area contributed by atoms with Gasteiger partial charge in [-0.3, -0.25) is 4.79 Å². The first-order valence-electron chi connectivity index (χ1n) is 9.48. The number of benzene rings is 1. The Kier molecular flexibility index (Phi) is 8.11. The van der Waals surface area contributed by atoms with E-state index >= 15 is 0 Å². The van der Waals surface area contributed by atoms with Crippen molar-refractivity contribution in [2.45, 2.75) is 53.3 Å². The van der Waals surface area contributed by atoms with Gasteiger partial charge in [-0.05, 0) is 25.5 Å². The van der Waals surface area contributed by atoms with Crippen LogP contribution in [0.5, 0.6) is 17.2 Å². The van der Waals surface area contributed by atoms with E-state index in [0.717, 1.165) is 17.1 Å². The van der Waals surface area contributed by atoms with Gasteiger partial charge in [0.25, 0.3) is 0 Å². The number of hydrogen-bond donors (Lipinski definition) is 0. The van der Waals surface area contributed by atoms with Gasteiger partial charge in [0.2, 0.25) is 11.7 Å². The topological polar surface area (TPSA) is 60.9 Å². The van der Waals surface area contributed by atoms with Gasteiger partial charge < -0.3 is 19.1 Å².